The van der Waals surface area contributed by atoms with E-state index in [1.54, 1.807) is 24.4 Å². The first kappa shape index (κ1) is 12.8. The molecule has 0 atom stereocenters. The number of aromatic nitrogens is 1. The van der Waals surface area contributed by atoms with Crippen molar-refractivity contribution >= 4 is 5.91 Å². The van der Waals surface area contributed by atoms with E-state index < -0.39 is 5.91 Å². The Labute approximate surface area is 111 Å². The summed E-state index contributed by atoms with van der Waals surface area (Å²) in [5.74, 6) is -0.437. The minimum atomic E-state index is -0.437. The van der Waals surface area contributed by atoms with Crippen molar-refractivity contribution < 1.29 is 9.36 Å². The highest BCUT2D eigenvalue weighted by molar-refractivity contribution is 5.92. The Morgan fingerprint density at radius 2 is 1.95 bits per heavy atom. The second-order valence-electron chi connectivity index (χ2n) is 4.36. The fourth-order valence-electron chi connectivity index (χ4n) is 1.82. The first-order chi connectivity index (χ1) is 9.10. The van der Waals surface area contributed by atoms with Crippen LogP contribution in [-0.2, 0) is 6.54 Å². The Morgan fingerprint density at radius 3 is 2.53 bits per heavy atom. The average molecular weight is 252 g/mol. The summed E-state index contributed by atoms with van der Waals surface area (Å²) in [6.45, 7) is 2.60. The number of carbonyl (C=O) groups is 1. The van der Waals surface area contributed by atoms with Crippen molar-refractivity contribution in [2.24, 2.45) is 5.73 Å². The van der Waals surface area contributed by atoms with Gasteiger partial charge in [-0.25, -0.2) is 0 Å². The van der Waals surface area contributed by atoms with Gasteiger partial charge in [-0.15, -0.1) is 0 Å². The van der Waals surface area contributed by atoms with Gasteiger partial charge < -0.3 is 5.73 Å². The molecule has 0 fully saturated rings. The summed E-state index contributed by atoms with van der Waals surface area (Å²) in [7, 11) is 0. The van der Waals surface area contributed by atoms with Gasteiger partial charge in [0.15, 0.2) is 18.4 Å². The van der Waals surface area contributed by atoms with E-state index in [-0.39, 0.29) is 0 Å². The summed E-state index contributed by atoms with van der Waals surface area (Å²) in [4.78, 5) is 11.2. The van der Waals surface area contributed by atoms with Crippen LogP contribution in [0, 0.1) is 18.3 Å². The molecule has 0 unspecified atom stereocenters. The van der Waals surface area contributed by atoms with Gasteiger partial charge in [0.25, 0.3) is 5.91 Å². The highest BCUT2D eigenvalue weighted by Gasteiger charge is 2.11. The lowest BCUT2D eigenvalue weighted by Crippen LogP contribution is -2.38. The van der Waals surface area contributed by atoms with Crippen molar-refractivity contribution in [3.8, 4) is 6.07 Å². The first-order valence-corrected chi connectivity index (χ1v) is 5.89. The number of aryl methyl sites for hydroxylation is 1. The second kappa shape index (κ2) is 5.32. The van der Waals surface area contributed by atoms with Gasteiger partial charge >= 0.3 is 0 Å². The number of benzene rings is 1. The van der Waals surface area contributed by atoms with Crippen molar-refractivity contribution in [1.29, 1.82) is 5.26 Å². The molecular formula is C15H14N3O+. The Balaban J connectivity index is 2.29. The van der Waals surface area contributed by atoms with Crippen LogP contribution in [0.4, 0.5) is 0 Å². The third kappa shape index (κ3) is 2.96. The maximum atomic E-state index is 11.2. The zero-order chi connectivity index (χ0) is 13.8. The fourth-order valence-corrected chi connectivity index (χ4v) is 1.82. The fraction of sp³-hybridized carbons (Fsp3) is 0.133. The molecule has 4 nitrogen and oxygen atoms in total. The molecule has 0 radical (unpaired) electrons. The standard InChI is InChI=1S/C15H13N3O/c1-11-2-7-14(15(17)19)10-18(11)9-13-5-3-12(8-16)4-6-13/h2-7,10H,9H2,1H3,(H-,17,19)/p+1. The summed E-state index contributed by atoms with van der Waals surface area (Å²) in [6, 6.07) is 13.0. The number of primary amides is 1. The van der Waals surface area contributed by atoms with Crippen molar-refractivity contribution in [1.82, 2.24) is 0 Å². The maximum Gasteiger partial charge on any atom is 0.254 e. The molecule has 0 aliphatic heterocycles. The van der Waals surface area contributed by atoms with Gasteiger partial charge in [-0.1, -0.05) is 12.1 Å². The van der Waals surface area contributed by atoms with Crippen LogP contribution in [0.1, 0.15) is 27.2 Å². The van der Waals surface area contributed by atoms with Gasteiger partial charge in [0.1, 0.15) is 5.56 Å². The number of hydrogen-bond acceptors (Lipinski definition) is 2. The predicted octanol–water partition coefficient (Wildman–Crippen LogP) is 1.30. The van der Waals surface area contributed by atoms with Crippen molar-refractivity contribution in [3.63, 3.8) is 0 Å². The van der Waals surface area contributed by atoms with Crippen LogP contribution >= 0.6 is 0 Å². The lowest BCUT2D eigenvalue weighted by Gasteiger charge is -2.02. The molecule has 2 aromatic rings. The third-order valence-electron chi connectivity index (χ3n) is 2.97. The van der Waals surface area contributed by atoms with E-state index in [1.807, 2.05) is 29.7 Å². The smallest absolute Gasteiger partial charge is 0.254 e. The minimum Gasteiger partial charge on any atom is -0.365 e. The Hall–Kier alpha value is -2.67. The molecule has 0 spiro atoms. The molecule has 0 aliphatic carbocycles. The molecule has 0 bridgehead atoms. The molecule has 2 rings (SSSR count). The van der Waals surface area contributed by atoms with E-state index >= 15 is 0 Å². The van der Waals surface area contributed by atoms with Gasteiger partial charge in [0.05, 0.1) is 11.6 Å². The zero-order valence-electron chi connectivity index (χ0n) is 10.6. The van der Waals surface area contributed by atoms with Crippen LogP contribution in [0.3, 0.4) is 0 Å². The second-order valence-corrected chi connectivity index (χ2v) is 4.36. The summed E-state index contributed by atoms with van der Waals surface area (Å²) in [5.41, 5.74) is 8.50. The van der Waals surface area contributed by atoms with Crippen LogP contribution in [0.25, 0.3) is 0 Å². The lowest BCUT2D eigenvalue weighted by atomic mass is 10.1. The third-order valence-corrected chi connectivity index (χ3v) is 2.97. The van der Waals surface area contributed by atoms with Crippen LogP contribution in [0.5, 0.6) is 0 Å². The van der Waals surface area contributed by atoms with E-state index in [4.69, 9.17) is 11.0 Å². The van der Waals surface area contributed by atoms with Crippen LogP contribution in [0.2, 0.25) is 0 Å². The minimum absolute atomic E-state index is 0.437. The van der Waals surface area contributed by atoms with E-state index in [9.17, 15) is 4.79 Å². The number of nitriles is 1. The molecular weight excluding hydrogens is 238 g/mol. The van der Waals surface area contributed by atoms with Crippen molar-refractivity contribution in [3.05, 3.63) is 65.0 Å². The largest absolute Gasteiger partial charge is 0.365 e. The SMILES string of the molecule is Cc1ccc(C(N)=O)c[n+]1Cc1ccc(C#N)cc1. The summed E-state index contributed by atoms with van der Waals surface area (Å²) < 4.78 is 1.96. The predicted molar refractivity (Wildman–Crippen MR) is 70.2 cm³/mol. The highest BCUT2D eigenvalue weighted by atomic mass is 16.1. The molecule has 1 aromatic carbocycles. The van der Waals surface area contributed by atoms with Gasteiger partial charge in [-0.3, -0.25) is 4.79 Å². The normalized spacial score (nSPS) is 9.89. The highest BCUT2D eigenvalue weighted by Crippen LogP contribution is 2.04. The summed E-state index contributed by atoms with van der Waals surface area (Å²) in [6.07, 6.45) is 1.75. The Kier molecular flexibility index (Phi) is 3.58. The molecule has 4 heteroatoms. The maximum absolute atomic E-state index is 11.2. The number of rotatable bonds is 3. The first-order valence-electron chi connectivity index (χ1n) is 5.89. The lowest BCUT2D eigenvalue weighted by molar-refractivity contribution is -0.694. The molecule has 0 aliphatic rings. The van der Waals surface area contributed by atoms with Gasteiger partial charge in [-0.2, -0.15) is 9.83 Å². The zero-order valence-corrected chi connectivity index (χ0v) is 10.6. The van der Waals surface area contributed by atoms with Crippen LogP contribution in [0.15, 0.2) is 42.6 Å². The number of hydrogen-bond donors (Lipinski definition) is 1. The molecule has 2 N–H and O–H groups in total. The monoisotopic (exact) mass is 252 g/mol. The average Bonchev–Trinajstić information content (AvgIpc) is 2.42. The number of nitrogens with zero attached hydrogens (tertiary/aromatic N) is 2. The number of pyridine rings is 1. The molecule has 1 heterocycles. The van der Waals surface area contributed by atoms with E-state index in [1.165, 1.54) is 0 Å². The number of amides is 1. The van der Waals surface area contributed by atoms with Gasteiger partial charge in [-0.05, 0) is 18.2 Å². The molecule has 0 saturated carbocycles. The quantitative estimate of drug-likeness (QED) is 0.836. The number of nitrogens with two attached hydrogens (primary N) is 1. The molecule has 0 saturated heterocycles. The van der Waals surface area contributed by atoms with Gasteiger partial charge in [0.2, 0.25) is 0 Å². The summed E-state index contributed by atoms with van der Waals surface area (Å²) >= 11 is 0. The Morgan fingerprint density at radius 1 is 1.26 bits per heavy atom. The number of carbonyl (C=O) groups excluding carboxylic acids is 1. The molecule has 94 valence electrons. The summed E-state index contributed by atoms with van der Waals surface area (Å²) in [5, 5.41) is 8.75. The van der Waals surface area contributed by atoms with E-state index in [0.717, 1.165) is 11.3 Å². The van der Waals surface area contributed by atoms with Crippen LogP contribution < -0.4 is 10.3 Å². The van der Waals surface area contributed by atoms with E-state index in [2.05, 4.69) is 6.07 Å². The van der Waals surface area contributed by atoms with Crippen molar-refractivity contribution in [2.75, 3.05) is 0 Å². The van der Waals surface area contributed by atoms with E-state index in [0.29, 0.717) is 17.7 Å². The van der Waals surface area contributed by atoms with Gasteiger partial charge in [0, 0.05) is 18.6 Å². The molecule has 19 heavy (non-hydrogen) atoms. The topological polar surface area (TPSA) is 70.8 Å². The Bertz CT molecular complexity index is 654. The molecule has 1 aromatic heterocycles. The molecule has 1 amide bonds. The van der Waals surface area contributed by atoms with Crippen LogP contribution in [-0.4, -0.2) is 5.91 Å². The van der Waals surface area contributed by atoms with Crippen molar-refractivity contribution in [2.45, 2.75) is 13.5 Å².